The summed E-state index contributed by atoms with van der Waals surface area (Å²) in [6.45, 7) is 5.39. The van der Waals surface area contributed by atoms with Gasteiger partial charge in [0.1, 0.15) is 0 Å². The van der Waals surface area contributed by atoms with Crippen LogP contribution in [0, 0.1) is 0 Å². The van der Waals surface area contributed by atoms with E-state index >= 15 is 0 Å². The second-order valence-corrected chi connectivity index (χ2v) is 4.39. The van der Waals surface area contributed by atoms with Crippen molar-refractivity contribution in [3.05, 3.63) is 0 Å². The minimum Gasteiger partial charge on any atom is -0.381 e. The summed E-state index contributed by atoms with van der Waals surface area (Å²) in [5, 5.41) is 0. The standard InChI is InChI=1S/C12H24N2O2/c1-2-3-9-16-10-5-8-14-7-4-6-11(13)12(14)15/h11H,2-10,13H2,1H3. The van der Waals surface area contributed by atoms with Crippen molar-refractivity contribution in [2.24, 2.45) is 5.73 Å². The molecule has 4 nitrogen and oxygen atoms in total. The van der Waals surface area contributed by atoms with Crippen molar-refractivity contribution in [3.8, 4) is 0 Å². The summed E-state index contributed by atoms with van der Waals surface area (Å²) in [5.41, 5.74) is 5.72. The number of hydrogen-bond acceptors (Lipinski definition) is 3. The minimum absolute atomic E-state index is 0.111. The number of unbranched alkanes of at least 4 members (excludes halogenated alkanes) is 1. The van der Waals surface area contributed by atoms with Gasteiger partial charge in [-0.15, -0.1) is 0 Å². The molecule has 0 saturated carbocycles. The number of amides is 1. The Bertz CT molecular complexity index is 209. The normalized spacial score (nSPS) is 21.5. The molecule has 0 aromatic carbocycles. The first-order valence-corrected chi connectivity index (χ1v) is 6.37. The molecule has 1 atom stereocenters. The average molecular weight is 228 g/mol. The number of rotatable bonds is 7. The number of nitrogens with zero attached hydrogens (tertiary/aromatic N) is 1. The zero-order chi connectivity index (χ0) is 11.8. The fourth-order valence-electron chi connectivity index (χ4n) is 1.90. The Morgan fingerprint density at radius 3 is 2.94 bits per heavy atom. The number of likely N-dealkylation sites (tertiary alicyclic amines) is 1. The van der Waals surface area contributed by atoms with Crippen LogP contribution in [0.5, 0.6) is 0 Å². The van der Waals surface area contributed by atoms with Crippen LogP contribution >= 0.6 is 0 Å². The van der Waals surface area contributed by atoms with Gasteiger partial charge in [-0.2, -0.15) is 0 Å². The molecule has 2 N–H and O–H groups in total. The third-order valence-corrected chi connectivity index (χ3v) is 2.93. The maximum atomic E-state index is 11.7. The Kier molecular flexibility index (Phi) is 6.42. The largest absolute Gasteiger partial charge is 0.381 e. The van der Waals surface area contributed by atoms with E-state index in [2.05, 4.69) is 6.92 Å². The summed E-state index contributed by atoms with van der Waals surface area (Å²) >= 11 is 0. The lowest BCUT2D eigenvalue weighted by molar-refractivity contribution is -0.135. The molecule has 1 saturated heterocycles. The molecule has 94 valence electrons. The van der Waals surface area contributed by atoms with Crippen LogP contribution < -0.4 is 5.73 Å². The second-order valence-electron chi connectivity index (χ2n) is 4.39. The lowest BCUT2D eigenvalue weighted by Crippen LogP contribution is -2.48. The van der Waals surface area contributed by atoms with Gasteiger partial charge in [0, 0.05) is 26.3 Å². The fraction of sp³-hybridized carbons (Fsp3) is 0.917. The van der Waals surface area contributed by atoms with Gasteiger partial charge in [-0.25, -0.2) is 0 Å². The van der Waals surface area contributed by atoms with E-state index in [0.29, 0.717) is 0 Å². The van der Waals surface area contributed by atoms with Gasteiger partial charge in [-0.1, -0.05) is 13.3 Å². The molecule has 4 heteroatoms. The Balaban J connectivity index is 2.05. The Morgan fingerprint density at radius 1 is 1.44 bits per heavy atom. The number of ether oxygens (including phenoxy) is 1. The first-order valence-electron chi connectivity index (χ1n) is 6.37. The van der Waals surface area contributed by atoms with Gasteiger partial charge in [0.25, 0.3) is 0 Å². The summed E-state index contributed by atoms with van der Waals surface area (Å²) in [4.78, 5) is 13.5. The van der Waals surface area contributed by atoms with E-state index in [9.17, 15) is 4.79 Å². The average Bonchev–Trinajstić information content (AvgIpc) is 2.29. The SMILES string of the molecule is CCCCOCCCN1CCCC(N)C1=O. The van der Waals surface area contributed by atoms with Gasteiger partial charge in [0.15, 0.2) is 0 Å². The van der Waals surface area contributed by atoms with E-state index in [-0.39, 0.29) is 11.9 Å². The van der Waals surface area contributed by atoms with E-state index < -0.39 is 0 Å². The molecular formula is C12H24N2O2. The van der Waals surface area contributed by atoms with Crippen molar-refractivity contribution in [2.45, 2.75) is 45.1 Å². The third kappa shape index (κ3) is 4.49. The molecule has 0 aliphatic carbocycles. The lowest BCUT2D eigenvalue weighted by Gasteiger charge is -2.30. The second kappa shape index (κ2) is 7.63. The summed E-state index contributed by atoms with van der Waals surface area (Å²) in [7, 11) is 0. The van der Waals surface area contributed by atoms with Gasteiger partial charge < -0.3 is 15.4 Å². The molecular weight excluding hydrogens is 204 g/mol. The zero-order valence-electron chi connectivity index (χ0n) is 10.3. The molecule has 1 heterocycles. The van der Waals surface area contributed by atoms with Crippen molar-refractivity contribution in [1.82, 2.24) is 4.90 Å². The Morgan fingerprint density at radius 2 is 2.19 bits per heavy atom. The minimum atomic E-state index is -0.269. The van der Waals surface area contributed by atoms with E-state index in [1.807, 2.05) is 4.90 Å². The molecule has 0 bridgehead atoms. The highest BCUT2D eigenvalue weighted by atomic mass is 16.5. The molecule has 1 fully saturated rings. The number of hydrogen-bond donors (Lipinski definition) is 1. The van der Waals surface area contributed by atoms with Gasteiger partial charge in [0.05, 0.1) is 6.04 Å². The first-order chi connectivity index (χ1) is 7.75. The van der Waals surface area contributed by atoms with E-state index in [0.717, 1.165) is 52.0 Å². The van der Waals surface area contributed by atoms with Gasteiger partial charge in [-0.05, 0) is 25.7 Å². The molecule has 0 aromatic rings. The van der Waals surface area contributed by atoms with Crippen molar-refractivity contribution < 1.29 is 9.53 Å². The number of carbonyl (C=O) groups excluding carboxylic acids is 1. The quantitative estimate of drug-likeness (QED) is 0.665. The Hall–Kier alpha value is -0.610. The van der Waals surface area contributed by atoms with Crippen LogP contribution in [0.2, 0.25) is 0 Å². The van der Waals surface area contributed by atoms with Crippen molar-refractivity contribution in [1.29, 1.82) is 0 Å². The van der Waals surface area contributed by atoms with Crippen LogP contribution in [0.1, 0.15) is 39.0 Å². The van der Waals surface area contributed by atoms with Crippen molar-refractivity contribution in [3.63, 3.8) is 0 Å². The molecule has 0 spiro atoms. The summed E-state index contributed by atoms with van der Waals surface area (Å²) in [6, 6.07) is -0.269. The molecule has 0 aromatic heterocycles. The molecule has 0 radical (unpaired) electrons. The fourth-order valence-corrected chi connectivity index (χ4v) is 1.90. The summed E-state index contributed by atoms with van der Waals surface area (Å²) < 4.78 is 5.46. The summed E-state index contributed by atoms with van der Waals surface area (Å²) in [6.07, 6.45) is 5.07. The third-order valence-electron chi connectivity index (χ3n) is 2.93. The monoisotopic (exact) mass is 228 g/mol. The van der Waals surface area contributed by atoms with Crippen LogP contribution in [0.15, 0.2) is 0 Å². The lowest BCUT2D eigenvalue weighted by atomic mass is 10.1. The van der Waals surface area contributed by atoms with Crippen LogP contribution in [0.3, 0.4) is 0 Å². The molecule has 16 heavy (non-hydrogen) atoms. The van der Waals surface area contributed by atoms with Gasteiger partial charge in [-0.3, -0.25) is 4.79 Å². The molecule has 1 aliphatic rings. The summed E-state index contributed by atoms with van der Waals surface area (Å²) in [5.74, 6) is 0.111. The van der Waals surface area contributed by atoms with Crippen LogP contribution in [0.4, 0.5) is 0 Å². The van der Waals surface area contributed by atoms with E-state index in [1.165, 1.54) is 6.42 Å². The smallest absolute Gasteiger partial charge is 0.239 e. The van der Waals surface area contributed by atoms with E-state index in [4.69, 9.17) is 10.5 Å². The predicted octanol–water partition coefficient (Wildman–Crippen LogP) is 1.14. The van der Waals surface area contributed by atoms with Crippen LogP contribution in [-0.4, -0.2) is 43.2 Å². The predicted molar refractivity (Wildman–Crippen MR) is 64.1 cm³/mol. The zero-order valence-corrected chi connectivity index (χ0v) is 10.3. The van der Waals surface area contributed by atoms with Crippen molar-refractivity contribution >= 4 is 5.91 Å². The highest BCUT2D eigenvalue weighted by Crippen LogP contribution is 2.10. The topological polar surface area (TPSA) is 55.6 Å². The first kappa shape index (κ1) is 13.5. The van der Waals surface area contributed by atoms with Gasteiger partial charge in [0.2, 0.25) is 5.91 Å². The highest BCUT2D eigenvalue weighted by molar-refractivity contribution is 5.82. The number of nitrogens with two attached hydrogens (primary N) is 1. The molecule has 1 amide bonds. The molecule has 1 aliphatic heterocycles. The molecule has 1 unspecified atom stereocenters. The van der Waals surface area contributed by atoms with Gasteiger partial charge >= 0.3 is 0 Å². The van der Waals surface area contributed by atoms with Crippen molar-refractivity contribution in [2.75, 3.05) is 26.3 Å². The molecule has 1 rings (SSSR count). The van der Waals surface area contributed by atoms with Crippen LogP contribution in [0.25, 0.3) is 0 Å². The van der Waals surface area contributed by atoms with Crippen LogP contribution in [-0.2, 0) is 9.53 Å². The maximum absolute atomic E-state index is 11.7. The highest BCUT2D eigenvalue weighted by Gasteiger charge is 2.24. The maximum Gasteiger partial charge on any atom is 0.239 e. The Labute approximate surface area is 98.1 Å². The van der Waals surface area contributed by atoms with E-state index in [1.54, 1.807) is 0 Å². The number of carbonyl (C=O) groups is 1. The number of piperidine rings is 1.